The first kappa shape index (κ1) is 17.3. The third-order valence-electron chi connectivity index (χ3n) is 4.31. The molecule has 1 fully saturated rings. The van der Waals surface area contributed by atoms with E-state index in [0.717, 1.165) is 0 Å². The minimum absolute atomic E-state index is 0.0709. The van der Waals surface area contributed by atoms with Gasteiger partial charge in [-0.2, -0.15) is 0 Å². The van der Waals surface area contributed by atoms with E-state index in [9.17, 15) is 19.5 Å². The molecule has 1 atom stereocenters. The highest BCUT2D eigenvalue weighted by molar-refractivity contribution is 6.30. The summed E-state index contributed by atoms with van der Waals surface area (Å²) in [6, 6.07) is 6.80. The fraction of sp³-hybridized carbons (Fsp3) is 0.438. The van der Waals surface area contributed by atoms with Crippen LogP contribution in [0, 0.1) is 5.92 Å². The van der Waals surface area contributed by atoms with E-state index >= 15 is 0 Å². The van der Waals surface area contributed by atoms with Crippen molar-refractivity contribution in [1.29, 1.82) is 0 Å². The predicted octanol–water partition coefficient (Wildman–Crippen LogP) is 2.01. The summed E-state index contributed by atoms with van der Waals surface area (Å²) in [6.45, 7) is 3.15. The van der Waals surface area contributed by atoms with E-state index in [1.165, 1.54) is 30.7 Å². The molecule has 1 aromatic carbocycles. The first-order valence-electron chi connectivity index (χ1n) is 7.21. The van der Waals surface area contributed by atoms with Gasteiger partial charge in [0.15, 0.2) is 0 Å². The van der Waals surface area contributed by atoms with Gasteiger partial charge in [0.1, 0.15) is 5.54 Å². The fourth-order valence-electron chi connectivity index (χ4n) is 2.44. The standard InChI is InChI=1S/C16H19ClN2O4/c1-16(2,15(22)23)18(3)14(21)10-8-13(20)19(9-10)12-6-4-11(17)5-7-12/h4-7,10H,8-9H2,1-3H3,(H,22,23). The van der Waals surface area contributed by atoms with Crippen molar-refractivity contribution in [2.75, 3.05) is 18.5 Å². The number of likely N-dealkylation sites (N-methyl/N-ethyl adjacent to an activating group) is 1. The molecule has 124 valence electrons. The lowest BCUT2D eigenvalue weighted by atomic mass is 10.00. The Labute approximate surface area is 139 Å². The molecule has 0 saturated carbocycles. The third kappa shape index (κ3) is 3.32. The number of carboxylic acid groups (broad SMARTS) is 1. The summed E-state index contributed by atoms with van der Waals surface area (Å²) >= 11 is 5.84. The zero-order chi connectivity index (χ0) is 17.4. The maximum Gasteiger partial charge on any atom is 0.329 e. The number of halogens is 1. The fourth-order valence-corrected chi connectivity index (χ4v) is 2.56. The van der Waals surface area contributed by atoms with Gasteiger partial charge in [0, 0.05) is 30.7 Å². The first-order valence-corrected chi connectivity index (χ1v) is 7.59. The molecule has 7 heteroatoms. The Morgan fingerprint density at radius 3 is 2.39 bits per heavy atom. The zero-order valence-electron chi connectivity index (χ0n) is 13.2. The first-order chi connectivity index (χ1) is 10.6. The van der Waals surface area contributed by atoms with Crippen molar-refractivity contribution < 1.29 is 19.5 Å². The monoisotopic (exact) mass is 338 g/mol. The smallest absolute Gasteiger partial charge is 0.329 e. The molecule has 2 rings (SSSR count). The Bertz CT molecular complexity index is 642. The Kier molecular flexibility index (Phi) is 4.66. The van der Waals surface area contributed by atoms with Gasteiger partial charge in [0.2, 0.25) is 11.8 Å². The summed E-state index contributed by atoms with van der Waals surface area (Å²) < 4.78 is 0. The van der Waals surface area contributed by atoms with Crippen molar-refractivity contribution in [3.05, 3.63) is 29.3 Å². The number of hydrogen-bond donors (Lipinski definition) is 1. The Morgan fingerprint density at radius 2 is 1.87 bits per heavy atom. The molecule has 2 amide bonds. The largest absolute Gasteiger partial charge is 0.480 e. The average Bonchev–Trinajstić information content (AvgIpc) is 2.88. The highest BCUT2D eigenvalue weighted by atomic mass is 35.5. The number of carbonyl (C=O) groups is 3. The van der Waals surface area contributed by atoms with E-state index in [-0.39, 0.29) is 24.8 Å². The van der Waals surface area contributed by atoms with Crippen LogP contribution in [0.15, 0.2) is 24.3 Å². The van der Waals surface area contributed by atoms with Crippen LogP contribution in [0.2, 0.25) is 5.02 Å². The maximum atomic E-state index is 12.5. The molecule has 0 spiro atoms. The summed E-state index contributed by atoms with van der Waals surface area (Å²) in [6.07, 6.45) is 0.0709. The highest BCUT2D eigenvalue weighted by Crippen LogP contribution is 2.28. The summed E-state index contributed by atoms with van der Waals surface area (Å²) in [5, 5.41) is 9.79. The van der Waals surface area contributed by atoms with E-state index < -0.39 is 17.4 Å². The molecule has 1 unspecified atom stereocenters. The Hall–Kier alpha value is -2.08. The molecule has 1 aliphatic rings. The molecule has 0 bridgehead atoms. The molecule has 0 radical (unpaired) electrons. The van der Waals surface area contributed by atoms with Gasteiger partial charge in [0.05, 0.1) is 5.92 Å². The number of rotatable bonds is 4. The number of anilines is 1. The topological polar surface area (TPSA) is 77.9 Å². The van der Waals surface area contributed by atoms with Crippen molar-refractivity contribution in [2.45, 2.75) is 25.8 Å². The van der Waals surface area contributed by atoms with Gasteiger partial charge in [-0.25, -0.2) is 4.79 Å². The van der Waals surface area contributed by atoms with Gasteiger partial charge in [-0.05, 0) is 38.1 Å². The van der Waals surface area contributed by atoms with E-state index in [0.29, 0.717) is 10.7 Å². The molecule has 1 aliphatic heterocycles. The summed E-state index contributed by atoms with van der Waals surface area (Å²) in [5.41, 5.74) is -0.650. The van der Waals surface area contributed by atoms with Gasteiger partial charge in [0.25, 0.3) is 0 Å². The molecular weight excluding hydrogens is 320 g/mol. The van der Waals surface area contributed by atoms with Crippen molar-refractivity contribution in [1.82, 2.24) is 4.90 Å². The van der Waals surface area contributed by atoms with Gasteiger partial charge in [-0.1, -0.05) is 11.6 Å². The van der Waals surface area contributed by atoms with Gasteiger partial charge < -0.3 is 14.9 Å². The molecule has 1 aromatic rings. The molecule has 1 N–H and O–H groups in total. The van der Waals surface area contributed by atoms with Crippen LogP contribution in [-0.2, 0) is 14.4 Å². The molecule has 1 saturated heterocycles. The van der Waals surface area contributed by atoms with Crippen molar-refractivity contribution in [3.63, 3.8) is 0 Å². The molecule has 0 aromatic heterocycles. The van der Waals surface area contributed by atoms with Crippen molar-refractivity contribution in [2.24, 2.45) is 5.92 Å². The second kappa shape index (κ2) is 6.20. The van der Waals surface area contributed by atoms with Crippen LogP contribution in [0.5, 0.6) is 0 Å². The Balaban J connectivity index is 2.14. The van der Waals surface area contributed by atoms with Crippen molar-refractivity contribution in [3.8, 4) is 0 Å². The summed E-state index contributed by atoms with van der Waals surface area (Å²) in [7, 11) is 1.45. The molecule has 6 nitrogen and oxygen atoms in total. The van der Waals surface area contributed by atoms with Crippen LogP contribution >= 0.6 is 11.6 Å². The van der Waals surface area contributed by atoms with Crippen molar-refractivity contribution >= 4 is 35.1 Å². The van der Waals surface area contributed by atoms with Gasteiger partial charge in [-0.15, -0.1) is 0 Å². The molecule has 23 heavy (non-hydrogen) atoms. The van der Waals surface area contributed by atoms with Gasteiger partial charge >= 0.3 is 5.97 Å². The quantitative estimate of drug-likeness (QED) is 0.911. The Morgan fingerprint density at radius 1 is 1.30 bits per heavy atom. The van der Waals surface area contributed by atoms with E-state index in [1.807, 2.05) is 0 Å². The molecule has 0 aliphatic carbocycles. The number of nitrogens with zero attached hydrogens (tertiary/aromatic N) is 2. The third-order valence-corrected chi connectivity index (χ3v) is 4.56. The predicted molar refractivity (Wildman–Crippen MR) is 86.4 cm³/mol. The van der Waals surface area contributed by atoms with Crippen LogP contribution in [0.4, 0.5) is 5.69 Å². The molecular formula is C16H19ClN2O4. The lowest BCUT2D eigenvalue weighted by molar-refractivity contribution is -0.156. The maximum absolute atomic E-state index is 12.5. The van der Waals surface area contributed by atoms with Gasteiger partial charge in [-0.3, -0.25) is 9.59 Å². The SMILES string of the molecule is CN(C(=O)C1CC(=O)N(c2ccc(Cl)cc2)C1)C(C)(C)C(=O)O. The summed E-state index contributed by atoms with van der Waals surface area (Å²) in [4.78, 5) is 38.7. The zero-order valence-corrected chi connectivity index (χ0v) is 14.0. The lowest BCUT2D eigenvalue weighted by Crippen LogP contribution is -2.52. The lowest BCUT2D eigenvalue weighted by Gasteiger charge is -2.33. The van der Waals surface area contributed by atoms with E-state index in [2.05, 4.69) is 0 Å². The average molecular weight is 339 g/mol. The number of carbonyl (C=O) groups excluding carboxylic acids is 2. The molecule has 1 heterocycles. The summed E-state index contributed by atoms with van der Waals surface area (Å²) in [5.74, 6) is -2.15. The number of benzene rings is 1. The van der Waals surface area contributed by atoms with Crippen LogP contribution in [0.25, 0.3) is 0 Å². The minimum Gasteiger partial charge on any atom is -0.480 e. The number of carboxylic acids is 1. The normalized spacial score (nSPS) is 18.2. The van der Waals surface area contributed by atoms with Crippen LogP contribution in [0.1, 0.15) is 20.3 Å². The number of hydrogen-bond acceptors (Lipinski definition) is 3. The second-order valence-electron chi connectivity index (χ2n) is 6.14. The van der Waals surface area contributed by atoms with E-state index in [1.54, 1.807) is 24.3 Å². The van der Waals surface area contributed by atoms with E-state index in [4.69, 9.17) is 11.6 Å². The van der Waals surface area contributed by atoms with Crippen LogP contribution in [-0.4, -0.2) is 46.9 Å². The number of aliphatic carboxylic acids is 1. The minimum atomic E-state index is -1.33. The van der Waals surface area contributed by atoms with Crippen LogP contribution < -0.4 is 4.90 Å². The second-order valence-corrected chi connectivity index (χ2v) is 6.58. The number of amides is 2. The van der Waals surface area contributed by atoms with Crippen LogP contribution in [0.3, 0.4) is 0 Å². The highest BCUT2D eigenvalue weighted by Gasteiger charge is 2.42.